The fraction of sp³-hybridized carbons (Fsp3) is 0.344. The smallest absolute Gasteiger partial charge is 0.335 e. The number of carbonyl (C=O) groups is 1. The van der Waals surface area contributed by atoms with Gasteiger partial charge < -0.3 is 20.5 Å². The van der Waals surface area contributed by atoms with Gasteiger partial charge in [0, 0.05) is 31.7 Å². The molecule has 2 aliphatic heterocycles. The van der Waals surface area contributed by atoms with Crippen LogP contribution in [0.1, 0.15) is 32.7 Å². The average Bonchev–Trinajstić information content (AvgIpc) is 3.31. The van der Waals surface area contributed by atoms with Gasteiger partial charge >= 0.3 is 5.69 Å². The van der Waals surface area contributed by atoms with Crippen molar-refractivity contribution in [2.45, 2.75) is 44.4 Å². The summed E-state index contributed by atoms with van der Waals surface area (Å²) in [5.41, 5.74) is 6.74. The van der Waals surface area contributed by atoms with Crippen LogP contribution in [0.3, 0.4) is 0 Å². The highest BCUT2D eigenvalue weighted by atomic mass is 16.5. The van der Waals surface area contributed by atoms with E-state index in [4.69, 9.17) is 10.5 Å². The van der Waals surface area contributed by atoms with Gasteiger partial charge in [-0.05, 0) is 69.2 Å². The number of anilines is 1. The van der Waals surface area contributed by atoms with Crippen molar-refractivity contribution in [3.05, 3.63) is 83.1 Å². The minimum absolute atomic E-state index is 0.0381. The van der Waals surface area contributed by atoms with Crippen LogP contribution in [-0.4, -0.2) is 77.7 Å². The van der Waals surface area contributed by atoms with E-state index >= 15 is 0 Å². The fourth-order valence-corrected chi connectivity index (χ4v) is 5.96. The number of amides is 1. The van der Waals surface area contributed by atoms with Gasteiger partial charge in [-0.15, -0.1) is 0 Å². The first kappa shape index (κ1) is 29.1. The van der Waals surface area contributed by atoms with Gasteiger partial charge in [-0.25, -0.2) is 14.8 Å². The van der Waals surface area contributed by atoms with E-state index in [9.17, 15) is 20.0 Å². The van der Waals surface area contributed by atoms with Crippen LogP contribution >= 0.6 is 0 Å². The number of hydrogen-bond acceptors (Lipinski definition) is 9. The first-order valence-electron chi connectivity index (χ1n) is 14.6. The first-order valence-corrected chi connectivity index (χ1v) is 14.6. The lowest BCUT2D eigenvalue weighted by Crippen LogP contribution is -2.59. The summed E-state index contributed by atoms with van der Waals surface area (Å²) in [5, 5.41) is 19.6. The molecule has 4 aromatic rings. The molecular formula is C32H34N8O4. The van der Waals surface area contributed by atoms with Crippen molar-refractivity contribution in [3.8, 4) is 23.3 Å². The predicted octanol–water partition coefficient (Wildman–Crippen LogP) is 3.03. The van der Waals surface area contributed by atoms with Crippen molar-refractivity contribution in [2.24, 2.45) is 0 Å². The Labute approximate surface area is 254 Å². The Morgan fingerprint density at radius 1 is 1.09 bits per heavy atom. The molecule has 0 saturated carbocycles. The van der Waals surface area contributed by atoms with E-state index in [0.29, 0.717) is 60.8 Å². The summed E-state index contributed by atoms with van der Waals surface area (Å²) in [6, 6.07) is 18.2. The Balaban J connectivity index is 1.30. The van der Waals surface area contributed by atoms with Crippen LogP contribution in [0.15, 0.2) is 77.4 Å². The van der Waals surface area contributed by atoms with Crippen molar-refractivity contribution >= 4 is 22.9 Å². The van der Waals surface area contributed by atoms with Gasteiger partial charge in [0.05, 0.1) is 17.8 Å². The zero-order chi connectivity index (χ0) is 31.0. The minimum Gasteiger partial charge on any atom is -0.457 e. The molecule has 0 bridgehead atoms. The van der Waals surface area contributed by atoms with E-state index in [1.165, 1.54) is 10.9 Å². The number of piperidine rings is 1. The number of nitriles is 1. The third kappa shape index (κ3) is 5.43. The standard InChI is InChI=1S/C32H34N8O4/c1-32(2,38-18-24(41)19-38)15-21(16-33)30(42)37-14-6-7-23(17-37)40-29-27(28(34)35-20-36-29)39(31(40)43)22-10-12-26(13-11-22)44-25-8-4-3-5-9-25/h3-5,8-13,15,20,23-24,41H,6-7,14,17-19H2,1-2H3,(H2,34,35,36)/t23-/m0/s1. The summed E-state index contributed by atoms with van der Waals surface area (Å²) in [4.78, 5) is 39.9. The maximum Gasteiger partial charge on any atom is 0.335 e. The number of β-amino-alcohol motifs (C(OH)–C–C–N with tert-alkyl or cyclic N) is 1. The summed E-state index contributed by atoms with van der Waals surface area (Å²) in [6.45, 7) is 5.51. The third-order valence-corrected chi connectivity index (χ3v) is 8.33. The highest BCUT2D eigenvalue weighted by molar-refractivity contribution is 5.97. The lowest BCUT2D eigenvalue weighted by molar-refractivity contribution is -0.128. The number of aromatic nitrogens is 4. The summed E-state index contributed by atoms with van der Waals surface area (Å²) < 4.78 is 8.98. The zero-order valence-electron chi connectivity index (χ0n) is 24.6. The number of benzene rings is 2. The number of fused-ring (bicyclic) bond motifs is 1. The van der Waals surface area contributed by atoms with Crippen LogP contribution in [0.4, 0.5) is 5.82 Å². The van der Waals surface area contributed by atoms with Gasteiger partial charge in [0.15, 0.2) is 11.5 Å². The second kappa shape index (κ2) is 11.6. The lowest BCUT2D eigenvalue weighted by Gasteiger charge is -2.46. The molecule has 2 aromatic carbocycles. The summed E-state index contributed by atoms with van der Waals surface area (Å²) in [7, 11) is 0. The molecular weight excluding hydrogens is 560 g/mol. The van der Waals surface area contributed by atoms with Crippen LogP contribution in [0.5, 0.6) is 11.5 Å². The molecule has 2 aromatic heterocycles. The molecule has 2 fully saturated rings. The fourth-order valence-electron chi connectivity index (χ4n) is 5.96. The number of aliphatic hydroxyl groups excluding tert-OH is 1. The number of nitrogens with two attached hydrogens (primary N) is 1. The van der Waals surface area contributed by atoms with Crippen LogP contribution < -0.4 is 16.2 Å². The van der Waals surface area contributed by atoms with Crippen molar-refractivity contribution in [2.75, 3.05) is 31.9 Å². The molecule has 1 atom stereocenters. The normalized spacial score (nSPS) is 18.2. The number of likely N-dealkylation sites (tertiary alicyclic amines) is 2. The number of imidazole rings is 1. The van der Waals surface area contributed by atoms with Gasteiger partial charge in [-0.3, -0.25) is 18.8 Å². The molecule has 2 aliphatic rings. The number of nitrogens with zero attached hydrogens (tertiary/aromatic N) is 7. The Morgan fingerprint density at radius 2 is 1.80 bits per heavy atom. The van der Waals surface area contributed by atoms with E-state index in [-0.39, 0.29) is 29.5 Å². The number of aliphatic hydroxyl groups is 1. The van der Waals surface area contributed by atoms with Gasteiger partial charge in [-0.1, -0.05) is 18.2 Å². The molecule has 2 saturated heterocycles. The molecule has 0 spiro atoms. The van der Waals surface area contributed by atoms with Gasteiger partial charge in [0.25, 0.3) is 5.91 Å². The average molecular weight is 595 g/mol. The highest BCUT2D eigenvalue weighted by Gasteiger charge is 2.37. The molecule has 12 nitrogen and oxygen atoms in total. The molecule has 3 N–H and O–H groups in total. The number of rotatable bonds is 7. The van der Waals surface area contributed by atoms with Gasteiger partial charge in [-0.2, -0.15) is 5.26 Å². The predicted molar refractivity (Wildman–Crippen MR) is 164 cm³/mol. The second-order valence-electron chi connectivity index (χ2n) is 11.8. The number of ether oxygens (including phenoxy) is 1. The molecule has 0 radical (unpaired) electrons. The topological polar surface area (TPSA) is 156 Å². The van der Waals surface area contributed by atoms with E-state index in [0.717, 1.165) is 0 Å². The number of carbonyl (C=O) groups excluding carboxylic acids is 1. The van der Waals surface area contributed by atoms with Crippen LogP contribution in [0, 0.1) is 11.3 Å². The third-order valence-electron chi connectivity index (χ3n) is 8.33. The van der Waals surface area contributed by atoms with Crippen LogP contribution in [0.2, 0.25) is 0 Å². The van der Waals surface area contributed by atoms with E-state index in [1.807, 2.05) is 49.1 Å². The molecule has 226 valence electrons. The molecule has 4 heterocycles. The quantitative estimate of drug-likeness (QED) is 0.243. The second-order valence-corrected chi connectivity index (χ2v) is 11.8. The SMILES string of the molecule is CC(C)(C=C(C#N)C(=O)N1CCC[C@H](n2c(=O)n(-c3ccc(Oc4ccccc4)cc3)c3c(N)ncnc32)C1)N1CC(O)C1. The van der Waals surface area contributed by atoms with Gasteiger partial charge in [0.2, 0.25) is 0 Å². The van der Waals surface area contributed by atoms with E-state index in [2.05, 4.69) is 16.0 Å². The summed E-state index contributed by atoms with van der Waals surface area (Å²) in [6.07, 6.45) is 3.88. The van der Waals surface area contributed by atoms with Crippen molar-refractivity contribution in [1.29, 1.82) is 5.26 Å². The van der Waals surface area contributed by atoms with Crippen molar-refractivity contribution in [1.82, 2.24) is 28.9 Å². The molecule has 1 amide bonds. The van der Waals surface area contributed by atoms with Crippen molar-refractivity contribution in [3.63, 3.8) is 0 Å². The highest BCUT2D eigenvalue weighted by Crippen LogP contribution is 2.30. The van der Waals surface area contributed by atoms with Crippen LogP contribution in [0.25, 0.3) is 16.9 Å². The maximum absolute atomic E-state index is 14.1. The summed E-state index contributed by atoms with van der Waals surface area (Å²) in [5.74, 6) is 1.08. The molecule has 12 heteroatoms. The lowest BCUT2D eigenvalue weighted by atomic mass is 9.93. The molecule has 44 heavy (non-hydrogen) atoms. The summed E-state index contributed by atoms with van der Waals surface area (Å²) >= 11 is 0. The molecule has 0 unspecified atom stereocenters. The Hall–Kier alpha value is -4.99. The molecule has 6 rings (SSSR count). The number of hydrogen-bond donors (Lipinski definition) is 2. The Bertz CT molecular complexity index is 1820. The van der Waals surface area contributed by atoms with Crippen molar-refractivity contribution < 1.29 is 14.6 Å². The molecule has 0 aliphatic carbocycles. The number of para-hydroxylation sites is 1. The Morgan fingerprint density at radius 3 is 2.48 bits per heavy atom. The first-order chi connectivity index (χ1) is 21.2. The Kier molecular flexibility index (Phi) is 7.67. The van der Waals surface area contributed by atoms with E-state index in [1.54, 1.807) is 39.8 Å². The minimum atomic E-state index is -0.574. The van der Waals surface area contributed by atoms with E-state index < -0.39 is 17.7 Å². The number of nitrogen functional groups attached to an aromatic ring is 1. The maximum atomic E-state index is 14.1. The zero-order valence-corrected chi connectivity index (χ0v) is 24.6. The van der Waals surface area contributed by atoms with Crippen LogP contribution in [-0.2, 0) is 4.79 Å². The monoisotopic (exact) mass is 594 g/mol. The van der Waals surface area contributed by atoms with Gasteiger partial charge in [0.1, 0.15) is 35.0 Å². The largest absolute Gasteiger partial charge is 0.457 e.